The molecular formula is C18H15FN4O2. The van der Waals surface area contributed by atoms with Crippen molar-refractivity contribution in [1.29, 1.82) is 0 Å². The highest BCUT2D eigenvalue weighted by Crippen LogP contribution is 2.29. The number of hydrogen-bond acceptors (Lipinski definition) is 4. The molecule has 1 N–H and O–H groups in total. The number of rotatable bonds is 4. The Morgan fingerprint density at radius 2 is 2.00 bits per heavy atom. The van der Waals surface area contributed by atoms with E-state index < -0.39 is 0 Å². The highest BCUT2D eigenvalue weighted by atomic mass is 19.1. The first-order valence-electron chi connectivity index (χ1n) is 7.86. The van der Waals surface area contributed by atoms with Crippen molar-refractivity contribution in [1.82, 2.24) is 14.8 Å². The van der Waals surface area contributed by atoms with Gasteiger partial charge >= 0.3 is 0 Å². The molecule has 0 aliphatic carbocycles. The van der Waals surface area contributed by atoms with Crippen molar-refractivity contribution in [2.45, 2.75) is 19.1 Å². The van der Waals surface area contributed by atoms with E-state index in [0.717, 1.165) is 5.56 Å². The van der Waals surface area contributed by atoms with Crippen LogP contribution in [-0.4, -0.2) is 20.7 Å². The van der Waals surface area contributed by atoms with Gasteiger partial charge in [-0.2, -0.15) is 10.1 Å². The van der Waals surface area contributed by atoms with Gasteiger partial charge in [0.1, 0.15) is 24.5 Å². The van der Waals surface area contributed by atoms with Crippen molar-refractivity contribution in [2.24, 2.45) is 0 Å². The van der Waals surface area contributed by atoms with Gasteiger partial charge in [0.05, 0.1) is 12.5 Å². The van der Waals surface area contributed by atoms with E-state index in [1.807, 2.05) is 12.1 Å². The van der Waals surface area contributed by atoms with E-state index >= 15 is 0 Å². The quantitative estimate of drug-likeness (QED) is 0.794. The van der Waals surface area contributed by atoms with Gasteiger partial charge in [0.15, 0.2) is 0 Å². The molecule has 25 heavy (non-hydrogen) atoms. The smallest absolute Gasteiger partial charge is 0.229 e. The number of fused-ring (bicyclic) bond motifs is 1. The molecule has 0 saturated heterocycles. The summed E-state index contributed by atoms with van der Waals surface area (Å²) in [4.78, 5) is 15.8. The molecule has 2 aromatic carbocycles. The summed E-state index contributed by atoms with van der Waals surface area (Å²) < 4.78 is 20.9. The summed E-state index contributed by atoms with van der Waals surface area (Å²) in [5, 5.41) is 6.86. The highest BCUT2D eigenvalue weighted by Gasteiger charge is 2.27. The molecule has 4 rings (SSSR count). The van der Waals surface area contributed by atoms with E-state index in [-0.39, 0.29) is 24.4 Å². The van der Waals surface area contributed by atoms with Crippen LogP contribution in [0.2, 0.25) is 0 Å². The molecule has 1 aromatic heterocycles. The van der Waals surface area contributed by atoms with Crippen LogP contribution in [0.5, 0.6) is 5.75 Å². The fraction of sp³-hybridized carbons (Fsp3) is 0.167. The topological polar surface area (TPSA) is 69.0 Å². The molecule has 1 amide bonds. The fourth-order valence-electron chi connectivity index (χ4n) is 2.83. The largest absolute Gasteiger partial charge is 0.489 e. The first-order valence-corrected chi connectivity index (χ1v) is 7.86. The number of halogens is 1. The number of carbonyl (C=O) groups excluding carboxylic acids is 1. The summed E-state index contributed by atoms with van der Waals surface area (Å²) in [6.45, 7) is 0.158. The van der Waals surface area contributed by atoms with Crippen LogP contribution in [-0.2, 0) is 11.4 Å². The molecule has 6 nitrogen and oxygen atoms in total. The number of nitrogens with zero attached hydrogens (tertiary/aromatic N) is 3. The number of benzene rings is 2. The molecule has 0 spiro atoms. The van der Waals surface area contributed by atoms with Crippen molar-refractivity contribution in [3.63, 3.8) is 0 Å². The highest BCUT2D eigenvalue weighted by molar-refractivity contribution is 5.91. The number of nitrogens with one attached hydrogen (secondary N) is 1. The Morgan fingerprint density at radius 1 is 1.20 bits per heavy atom. The molecule has 0 bridgehead atoms. The third kappa shape index (κ3) is 3.08. The Balaban J connectivity index is 1.50. The zero-order valence-electron chi connectivity index (χ0n) is 13.2. The maximum absolute atomic E-state index is 13.6. The zero-order valence-corrected chi connectivity index (χ0v) is 13.2. The summed E-state index contributed by atoms with van der Waals surface area (Å²) in [6.07, 6.45) is 1.71. The minimum absolute atomic E-state index is 0.0922. The lowest BCUT2D eigenvalue weighted by Gasteiger charge is -2.23. The minimum Gasteiger partial charge on any atom is -0.489 e. The Hall–Kier alpha value is -3.22. The van der Waals surface area contributed by atoms with Crippen LogP contribution >= 0.6 is 0 Å². The fourth-order valence-corrected chi connectivity index (χ4v) is 2.83. The molecule has 0 fully saturated rings. The van der Waals surface area contributed by atoms with Crippen molar-refractivity contribution in [2.75, 3.05) is 5.32 Å². The van der Waals surface area contributed by atoms with E-state index in [0.29, 0.717) is 23.7 Å². The van der Waals surface area contributed by atoms with Gasteiger partial charge in [0.2, 0.25) is 11.9 Å². The van der Waals surface area contributed by atoms with Crippen LogP contribution in [0.3, 0.4) is 0 Å². The first-order chi connectivity index (χ1) is 12.2. The van der Waals surface area contributed by atoms with Crippen LogP contribution in [0.25, 0.3) is 0 Å². The molecule has 1 atom stereocenters. The summed E-state index contributed by atoms with van der Waals surface area (Å²) in [6, 6.07) is 13.7. The molecule has 2 heterocycles. The van der Waals surface area contributed by atoms with E-state index in [4.69, 9.17) is 4.74 Å². The van der Waals surface area contributed by atoms with E-state index in [1.54, 1.807) is 35.0 Å². The Kier molecular flexibility index (Phi) is 3.89. The van der Waals surface area contributed by atoms with Crippen LogP contribution in [0, 0.1) is 5.82 Å². The average Bonchev–Trinajstić information content (AvgIpc) is 3.09. The Labute approximate surface area is 143 Å². The second-order valence-electron chi connectivity index (χ2n) is 5.75. The summed E-state index contributed by atoms with van der Waals surface area (Å²) in [7, 11) is 0. The van der Waals surface area contributed by atoms with Gasteiger partial charge in [-0.15, -0.1) is 0 Å². The lowest BCUT2D eigenvalue weighted by atomic mass is 10.0. The van der Waals surface area contributed by atoms with Crippen LogP contribution in [0.15, 0.2) is 54.9 Å². The van der Waals surface area contributed by atoms with Gasteiger partial charge in [0.25, 0.3) is 0 Å². The molecule has 1 aliphatic rings. The molecule has 0 saturated carbocycles. The number of ether oxygens (including phenoxy) is 1. The first kappa shape index (κ1) is 15.3. The van der Waals surface area contributed by atoms with E-state index in [2.05, 4.69) is 15.4 Å². The predicted molar refractivity (Wildman–Crippen MR) is 88.6 cm³/mol. The number of aromatic nitrogens is 3. The molecule has 0 unspecified atom stereocenters. The predicted octanol–water partition coefficient (Wildman–Crippen LogP) is 2.93. The maximum atomic E-state index is 13.6. The summed E-state index contributed by atoms with van der Waals surface area (Å²) in [5.74, 6) is 0.698. The van der Waals surface area contributed by atoms with Crippen LogP contribution in [0.4, 0.5) is 10.3 Å². The Bertz CT molecular complexity index is 907. The molecule has 7 heteroatoms. The third-order valence-corrected chi connectivity index (χ3v) is 4.12. The van der Waals surface area contributed by atoms with Crippen LogP contribution in [0.1, 0.15) is 23.6 Å². The molecule has 3 aromatic rings. The van der Waals surface area contributed by atoms with Gasteiger partial charge in [-0.1, -0.05) is 30.3 Å². The zero-order chi connectivity index (χ0) is 17.2. The van der Waals surface area contributed by atoms with Crippen molar-refractivity contribution in [3.8, 4) is 5.75 Å². The minimum atomic E-state index is -0.286. The third-order valence-electron chi connectivity index (χ3n) is 4.12. The van der Waals surface area contributed by atoms with Crippen molar-refractivity contribution < 1.29 is 13.9 Å². The normalized spacial score (nSPS) is 16.2. The van der Waals surface area contributed by atoms with Gasteiger partial charge < -0.3 is 4.74 Å². The summed E-state index contributed by atoms with van der Waals surface area (Å²) in [5.41, 5.74) is 1.43. The van der Waals surface area contributed by atoms with E-state index in [9.17, 15) is 9.18 Å². The van der Waals surface area contributed by atoms with Gasteiger partial charge in [-0.05, 0) is 23.8 Å². The monoisotopic (exact) mass is 338 g/mol. The lowest BCUT2D eigenvalue weighted by Crippen LogP contribution is -2.29. The average molecular weight is 338 g/mol. The molecule has 126 valence electrons. The lowest BCUT2D eigenvalue weighted by molar-refractivity contribution is -0.117. The second kappa shape index (κ2) is 6.35. The van der Waals surface area contributed by atoms with Crippen molar-refractivity contribution >= 4 is 11.9 Å². The number of hydrogen-bond donors (Lipinski definition) is 1. The van der Waals surface area contributed by atoms with E-state index in [1.165, 1.54) is 12.4 Å². The molecule has 0 radical (unpaired) electrons. The van der Waals surface area contributed by atoms with Crippen molar-refractivity contribution in [3.05, 3.63) is 71.8 Å². The molecular weight excluding hydrogens is 323 g/mol. The van der Waals surface area contributed by atoms with Gasteiger partial charge in [-0.25, -0.2) is 9.07 Å². The summed E-state index contributed by atoms with van der Waals surface area (Å²) >= 11 is 0. The number of anilines is 1. The van der Waals surface area contributed by atoms with Crippen LogP contribution < -0.4 is 10.1 Å². The standard InChI is InChI=1S/C18H15FN4O2/c19-15-4-2-1-3-13(15)10-25-14-7-5-12(6-8-14)16-9-17(24)22-18-20-11-21-23(16)18/h1-8,11,16H,9-10H2,(H,20,21,22,24)/t16-/m1/s1. The number of carbonyl (C=O) groups is 1. The second-order valence-corrected chi connectivity index (χ2v) is 5.75. The van der Waals surface area contributed by atoms with Gasteiger partial charge in [0, 0.05) is 5.56 Å². The van der Waals surface area contributed by atoms with Gasteiger partial charge in [-0.3, -0.25) is 10.1 Å². The maximum Gasteiger partial charge on any atom is 0.229 e. The number of amides is 1. The molecule has 1 aliphatic heterocycles. The Morgan fingerprint density at radius 3 is 2.80 bits per heavy atom. The SMILES string of the molecule is O=C1C[C@H](c2ccc(OCc3ccccc3F)cc2)n2ncnc2N1.